The van der Waals surface area contributed by atoms with E-state index >= 15 is 0 Å². The molecule has 1 saturated heterocycles. The zero-order chi connectivity index (χ0) is 25.4. The summed E-state index contributed by atoms with van der Waals surface area (Å²) >= 11 is 0. The minimum Gasteiger partial charge on any atom is -0.324 e. The molecule has 11 nitrogen and oxygen atoms in total. The standard InChI is InChI=1S/C23H26FN9O2S/c1-14(2)33-15(3)29-22-19(33)10-16(11-27-22)21-18(24)13-28-23(31-21)30-20-5-4-17(12-26-20)36(34,35)32-8-6-25-7-9-32/h4-5,10-14,25H,6-9H2,1-3H3,(H,26,28,30,31). The Morgan fingerprint density at radius 2 is 1.83 bits per heavy atom. The molecule has 1 aliphatic rings. The van der Waals surface area contributed by atoms with Gasteiger partial charge in [-0.05, 0) is 39.0 Å². The van der Waals surface area contributed by atoms with Gasteiger partial charge >= 0.3 is 0 Å². The number of nitrogens with one attached hydrogen (secondary N) is 2. The second-order valence-electron chi connectivity index (χ2n) is 8.74. The van der Waals surface area contributed by atoms with E-state index in [4.69, 9.17) is 0 Å². The van der Waals surface area contributed by atoms with Gasteiger partial charge in [0.25, 0.3) is 0 Å². The van der Waals surface area contributed by atoms with Gasteiger partial charge in [-0.25, -0.2) is 37.7 Å². The summed E-state index contributed by atoms with van der Waals surface area (Å²) in [5.74, 6) is 0.669. The molecule has 36 heavy (non-hydrogen) atoms. The Hall–Kier alpha value is -3.55. The zero-order valence-electron chi connectivity index (χ0n) is 20.1. The third-order valence-corrected chi connectivity index (χ3v) is 7.83. The van der Waals surface area contributed by atoms with Gasteiger partial charge in [-0.15, -0.1) is 0 Å². The van der Waals surface area contributed by atoms with Crippen LogP contribution in [0, 0.1) is 12.7 Å². The van der Waals surface area contributed by atoms with E-state index < -0.39 is 15.8 Å². The Labute approximate surface area is 207 Å². The van der Waals surface area contributed by atoms with Crippen molar-refractivity contribution in [3.05, 3.63) is 48.4 Å². The van der Waals surface area contributed by atoms with Gasteiger partial charge in [0.2, 0.25) is 16.0 Å². The molecule has 2 N–H and O–H groups in total. The van der Waals surface area contributed by atoms with Crippen LogP contribution < -0.4 is 10.6 Å². The van der Waals surface area contributed by atoms with E-state index in [1.54, 1.807) is 0 Å². The van der Waals surface area contributed by atoms with Crippen molar-refractivity contribution < 1.29 is 12.8 Å². The number of sulfonamides is 1. The molecule has 0 aromatic carbocycles. The van der Waals surface area contributed by atoms with Crippen LogP contribution in [0.4, 0.5) is 16.2 Å². The number of anilines is 2. The van der Waals surface area contributed by atoms with Crippen LogP contribution in [0.2, 0.25) is 0 Å². The second kappa shape index (κ2) is 9.48. The van der Waals surface area contributed by atoms with Crippen molar-refractivity contribution in [2.75, 3.05) is 31.5 Å². The van der Waals surface area contributed by atoms with Crippen LogP contribution in [0.3, 0.4) is 0 Å². The molecule has 0 aliphatic carbocycles. The van der Waals surface area contributed by atoms with Crippen molar-refractivity contribution >= 4 is 33.0 Å². The highest BCUT2D eigenvalue weighted by atomic mass is 32.2. The molecule has 0 bridgehead atoms. The molecule has 0 saturated carbocycles. The Morgan fingerprint density at radius 3 is 2.53 bits per heavy atom. The van der Waals surface area contributed by atoms with Gasteiger partial charge in [-0.1, -0.05) is 0 Å². The van der Waals surface area contributed by atoms with Crippen molar-refractivity contribution in [2.24, 2.45) is 0 Å². The van der Waals surface area contributed by atoms with E-state index in [9.17, 15) is 12.8 Å². The van der Waals surface area contributed by atoms with Crippen molar-refractivity contribution in [1.82, 2.24) is 39.1 Å². The first kappa shape index (κ1) is 24.2. The minimum atomic E-state index is -3.62. The summed E-state index contributed by atoms with van der Waals surface area (Å²) in [5.41, 5.74) is 1.93. The predicted molar refractivity (Wildman–Crippen MR) is 133 cm³/mol. The Balaban J connectivity index is 1.41. The Bertz CT molecular complexity index is 1510. The minimum absolute atomic E-state index is 0.0777. The quantitative estimate of drug-likeness (QED) is 0.401. The van der Waals surface area contributed by atoms with E-state index in [0.717, 1.165) is 17.5 Å². The van der Waals surface area contributed by atoms with Gasteiger partial charge in [-0.2, -0.15) is 4.31 Å². The third kappa shape index (κ3) is 4.52. The molecule has 188 valence electrons. The van der Waals surface area contributed by atoms with Crippen LogP contribution in [-0.2, 0) is 10.0 Å². The fourth-order valence-corrected chi connectivity index (χ4v) is 5.64. The lowest BCUT2D eigenvalue weighted by atomic mass is 10.2. The smallest absolute Gasteiger partial charge is 0.244 e. The molecule has 0 unspecified atom stereocenters. The van der Waals surface area contributed by atoms with E-state index in [-0.39, 0.29) is 22.6 Å². The van der Waals surface area contributed by atoms with Crippen LogP contribution in [0.1, 0.15) is 25.7 Å². The number of hydrogen-bond acceptors (Lipinski definition) is 9. The monoisotopic (exact) mass is 511 g/mol. The van der Waals surface area contributed by atoms with Crippen LogP contribution in [-0.4, -0.2) is 68.4 Å². The number of aryl methyl sites for hydroxylation is 1. The zero-order valence-corrected chi connectivity index (χ0v) is 20.9. The average Bonchev–Trinajstić information content (AvgIpc) is 3.21. The van der Waals surface area contributed by atoms with Crippen molar-refractivity contribution in [2.45, 2.75) is 31.7 Å². The molecular weight excluding hydrogens is 485 g/mol. The number of piperazine rings is 1. The van der Waals surface area contributed by atoms with Crippen molar-refractivity contribution in [1.29, 1.82) is 0 Å². The summed E-state index contributed by atoms with van der Waals surface area (Å²) in [6.07, 6.45) is 3.89. The first-order chi connectivity index (χ1) is 17.2. The van der Waals surface area contributed by atoms with Crippen LogP contribution >= 0.6 is 0 Å². The maximum atomic E-state index is 14.7. The molecule has 1 aliphatic heterocycles. The van der Waals surface area contributed by atoms with E-state index in [0.29, 0.717) is 43.2 Å². The number of rotatable bonds is 6. The summed E-state index contributed by atoms with van der Waals surface area (Å²) in [7, 11) is -3.62. The van der Waals surface area contributed by atoms with Crippen molar-refractivity contribution in [3.63, 3.8) is 0 Å². The molecule has 0 radical (unpaired) electrons. The SMILES string of the molecule is Cc1nc2ncc(-c3nc(Nc4ccc(S(=O)(=O)N5CCNCC5)cn4)ncc3F)cc2n1C(C)C. The van der Waals surface area contributed by atoms with Gasteiger partial charge in [0.1, 0.15) is 22.2 Å². The number of imidazole rings is 1. The predicted octanol–water partition coefficient (Wildman–Crippen LogP) is 2.65. The number of hydrogen-bond donors (Lipinski definition) is 2. The van der Waals surface area contributed by atoms with Gasteiger partial charge in [0.15, 0.2) is 11.5 Å². The molecule has 1 fully saturated rings. The van der Waals surface area contributed by atoms with Crippen LogP contribution in [0.5, 0.6) is 0 Å². The summed E-state index contributed by atoms with van der Waals surface area (Å²) < 4.78 is 43.8. The van der Waals surface area contributed by atoms with Crippen molar-refractivity contribution in [3.8, 4) is 11.3 Å². The van der Waals surface area contributed by atoms with E-state index in [1.165, 1.54) is 28.8 Å². The molecular formula is C23H26FN9O2S. The van der Waals surface area contributed by atoms with Crippen LogP contribution in [0.15, 0.2) is 41.7 Å². The van der Waals surface area contributed by atoms with E-state index in [2.05, 4.69) is 35.6 Å². The number of pyridine rings is 2. The molecule has 4 aromatic rings. The first-order valence-corrected chi connectivity index (χ1v) is 13.0. The maximum Gasteiger partial charge on any atom is 0.244 e. The number of nitrogens with zero attached hydrogens (tertiary/aromatic N) is 7. The first-order valence-electron chi connectivity index (χ1n) is 11.6. The largest absolute Gasteiger partial charge is 0.324 e. The lowest BCUT2D eigenvalue weighted by molar-refractivity contribution is 0.360. The Morgan fingerprint density at radius 1 is 1.06 bits per heavy atom. The summed E-state index contributed by atoms with van der Waals surface area (Å²) in [5, 5.41) is 6.05. The van der Waals surface area contributed by atoms with Crippen LogP contribution in [0.25, 0.3) is 22.4 Å². The van der Waals surface area contributed by atoms with E-state index in [1.807, 2.05) is 31.4 Å². The Kier molecular flexibility index (Phi) is 6.36. The third-order valence-electron chi connectivity index (χ3n) is 5.95. The number of aromatic nitrogens is 6. The summed E-state index contributed by atoms with van der Waals surface area (Å²) in [6.45, 7) is 8.03. The number of halogens is 1. The molecule has 5 rings (SSSR count). The van der Waals surface area contributed by atoms with Gasteiger partial charge in [0, 0.05) is 50.2 Å². The molecule has 13 heteroatoms. The molecule has 5 heterocycles. The summed E-state index contributed by atoms with van der Waals surface area (Å²) in [4.78, 5) is 21.5. The molecule has 0 amide bonds. The van der Waals surface area contributed by atoms with Gasteiger partial charge < -0.3 is 15.2 Å². The fourth-order valence-electron chi connectivity index (χ4n) is 4.26. The maximum absolute atomic E-state index is 14.7. The lowest BCUT2D eigenvalue weighted by Crippen LogP contribution is -2.46. The topological polar surface area (TPSA) is 131 Å². The molecule has 0 atom stereocenters. The highest BCUT2D eigenvalue weighted by molar-refractivity contribution is 7.89. The lowest BCUT2D eigenvalue weighted by Gasteiger charge is -2.26. The normalized spacial score (nSPS) is 15.0. The average molecular weight is 512 g/mol. The van der Waals surface area contributed by atoms with Gasteiger partial charge in [-0.3, -0.25) is 0 Å². The highest BCUT2D eigenvalue weighted by Crippen LogP contribution is 2.27. The molecule has 0 spiro atoms. The number of fused-ring (bicyclic) bond motifs is 1. The highest BCUT2D eigenvalue weighted by Gasteiger charge is 2.26. The van der Waals surface area contributed by atoms with Gasteiger partial charge in [0.05, 0.1) is 11.7 Å². The second-order valence-corrected chi connectivity index (χ2v) is 10.7. The summed E-state index contributed by atoms with van der Waals surface area (Å²) in [6, 6.07) is 4.97. The fraction of sp³-hybridized carbons (Fsp3) is 0.348. The molecule has 4 aromatic heterocycles.